The Hall–Kier alpha value is -13.5. The molecule has 12 amide bonds. The fraction of sp³-hybridized carbons (Fsp3) is 0.312. The van der Waals surface area contributed by atoms with Gasteiger partial charge in [-0.05, 0) is 96.3 Å². The van der Waals surface area contributed by atoms with Gasteiger partial charge in [0.15, 0.2) is 5.96 Å². The first-order valence-corrected chi connectivity index (χ1v) is 35.4. The number of carbonyl (C=O) groups excluding carboxylic acids is 12. The minimum atomic E-state index is -3.20. The van der Waals surface area contributed by atoms with Crippen molar-refractivity contribution in [2.45, 2.75) is 144 Å². The summed E-state index contributed by atoms with van der Waals surface area (Å²) in [5, 5.41) is 65.0. The molecule has 8 rings (SSSR count). The van der Waals surface area contributed by atoms with Gasteiger partial charge in [0.25, 0.3) is 0 Å². The molecule has 1 fully saturated rings. The number of hydrogen-bond acceptors (Lipinski definition) is 18. The number of imidazole rings is 1. The highest BCUT2D eigenvalue weighted by atomic mass is 16.4. The van der Waals surface area contributed by atoms with Crippen molar-refractivity contribution in [2.75, 3.05) is 6.54 Å². The molecule has 0 saturated carbocycles. The average Bonchev–Trinajstić information content (AvgIpc) is 1.56. The number of carboxylic acids is 1. The normalized spacial score (nSPS) is 21.4. The number of benzene rings is 6. The van der Waals surface area contributed by atoms with Gasteiger partial charge in [-0.25, -0.2) is 9.78 Å². The number of guanidine groups is 1. The highest BCUT2D eigenvalue weighted by molar-refractivity contribution is 6.02. The fourth-order valence-corrected chi connectivity index (χ4v) is 12.3. The Morgan fingerprint density at radius 1 is 0.550 bits per heavy atom. The quantitative estimate of drug-likeness (QED) is 0.0188. The van der Waals surface area contributed by atoms with Gasteiger partial charge in [0.2, 0.25) is 76.5 Å². The molecule has 1 aromatic heterocycles. The van der Waals surface area contributed by atoms with E-state index in [0.29, 0.717) is 27.2 Å². The summed E-state index contributed by atoms with van der Waals surface area (Å²) in [6.07, 6.45) is -2.54. The zero-order valence-electron chi connectivity index (χ0n) is 60.6. The van der Waals surface area contributed by atoms with Crippen LogP contribution in [0.3, 0.4) is 0 Å². The smallest absolute Gasteiger partial charge is 0.350 e. The molecule has 1 aliphatic rings. The summed E-state index contributed by atoms with van der Waals surface area (Å²) in [6.45, 7) is 1.90. The SMILES string of the molecule is C[C@@H]1NC(=O)[C@H](CC(N)=O)NC(=O)[C@H](Cc2ccc(-c3ccccc3)cc2)NC(=O)[C@H](CCCNC(=N)N)NC(=O)[C@@H](Cc2ccccc2)NC(=O)[C@H](Cc2cnc[nH]2)NC(=O)[C@@H](NC(=O)[C@@H](N)Cc2ccc(O)cc2)CC(=O)N([C@@H](Cc2ccc(O)cc2)C(N)=O)C(C)(C(=O)O)NC(=O)[C@H](Cc2ccccc2)NC1=O. The number of H-pyrrole nitrogens is 1. The first-order chi connectivity index (χ1) is 52.9. The summed E-state index contributed by atoms with van der Waals surface area (Å²) in [4.78, 5) is 200. The molecule has 1 saturated heterocycles. The van der Waals surface area contributed by atoms with Crippen LogP contribution in [0.15, 0.2) is 176 Å². The van der Waals surface area contributed by atoms with Crippen LogP contribution in [0.1, 0.15) is 73.0 Å². The number of hydrogen-bond donors (Lipinski definition) is 19. The molecule has 0 aliphatic carbocycles. The third kappa shape index (κ3) is 24.5. The number of nitrogens with two attached hydrogens (primary N) is 4. The molecule has 34 heteroatoms. The number of rotatable bonds is 24. The Balaban J connectivity index is 1.29. The van der Waals surface area contributed by atoms with Gasteiger partial charge in [0.1, 0.15) is 65.9 Å². The molecule has 584 valence electrons. The first kappa shape index (κ1) is 83.1. The van der Waals surface area contributed by atoms with Crippen molar-refractivity contribution in [1.29, 1.82) is 5.41 Å². The summed E-state index contributed by atoms with van der Waals surface area (Å²) in [5.74, 6) is -17.5. The zero-order valence-corrected chi connectivity index (χ0v) is 60.6. The van der Waals surface area contributed by atoms with Crippen LogP contribution >= 0.6 is 0 Å². The number of nitrogens with one attached hydrogen (secondary N) is 12. The van der Waals surface area contributed by atoms with Gasteiger partial charge in [0, 0.05) is 50.5 Å². The van der Waals surface area contributed by atoms with E-state index in [9.17, 15) is 44.1 Å². The van der Waals surface area contributed by atoms with E-state index in [-0.39, 0.29) is 61.4 Å². The first-order valence-electron chi connectivity index (χ1n) is 35.4. The van der Waals surface area contributed by atoms with Crippen LogP contribution in [0.2, 0.25) is 0 Å². The predicted octanol–water partition coefficient (Wildman–Crippen LogP) is -1.39. The molecule has 11 atom stereocenters. The zero-order chi connectivity index (χ0) is 80.5. The van der Waals surface area contributed by atoms with E-state index in [1.54, 1.807) is 72.8 Å². The van der Waals surface area contributed by atoms with E-state index in [1.165, 1.54) is 73.2 Å². The highest BCUT2D eigenvalue weighted by Gasteiger charge is 2.51. The molecule has 2 heterocycles. The standard InChI is InChI=1S/C77H90N18O16/c1-43-66(101)88-58(35-45-15-8-4-9-16-45)74(109)94-77(2,75(110)111)95(62(65(80)100)37-48-24-30-53(97)31-25-48)64(99)40-61(89-67(102)54(78)33-46-22-28-52(96)29-23-46)73(108)92-59(38-51-41-83-42-85-51)72(107)91-56(34-44-13-6-3-7-14-44)70(105)87-55(19-12-32-84-76(81)82)68(103)90-57(71(106)93-60(39-63(79)98)69(104)86-43)36-47-20-26-50(27-21-47)49-17-10-5-11-18-49/h3-11,13-18,20-31,41-43,54-62,96-97H,12,19,32-40,78H2,1-2H3,(H2,79,98)(H2,80,100)(H,83,85)(H,86,104)(H,87,105)(H,88,101)(H,89,102)(H,90,103)(H,91,107)(H,92,108)(H,93,106)(H,94,109)(H,110,111)(H4,81,82,84)/t43-,54-,55-,56+,57-,58-,59-,60-,61-,62-,77?/m0/s1. The summed E-state index contributed by atoms with van der Waals surface area (Å²) >= 11 is 0. The number of carbonyl (C=O) groups is 13. The van der Waals surface area contributed by atoms with Crippen molar-refractivity contribution in [2.24, 2.45) is 22.9 Å². The van der Waals surface area contributed by atoms with Gasteiger partial charge in [-0.3, -0.25) is 67.8 Å². The summed E-state index contributed by atoms with van der Waals surface area (Å²) in [7, 11) is 0. The second-order valence-corrected chi connectivity index (χ2v) is 26.8. The largest absolute Gasteiger partial charge is 0.508 e. The lowest BCUT2D eigenvalue weighted by Crippen LogP contribution is -2.72. The molecular weight excluding hydrogens is 1430 g/mol. The number of aliphatic carboxylic acids is 1. The van der Waals surface area contributed by atoms with E-state index in [2.05, 4.69) is 63.1 Å². The molecule has 0 spiro atoms. The maximum Gasteiger partial charge on any atom is 0.350 e. The Bertz CT molecular complexity index is 4450. The number of phenols is 2. The van der Waals surface area contributed by atoms with Crippen LogP contribution in [0.4, 0.5) is 0 Å². The van der Waals surface area contributed by atoms with Gasteiger partial charge < -0.3 is 96.4 Å². The van der Waals surface area contributed by atoms with Crippen molar-refractivity contribution in [3.8, 4) is 22.6 Å². The number of phenolic OH excluding ortho intramolecular Hbond substituents is 2. The van der Waals surface area contributed by atoms with E-state index >= 15 is 33.6 Å². The van der Waals surface area contributed by atoms with Crippen LogP contribution in [-0.4, -0.2) is 186 Å². The second-order valence-electron chi connectivity index (χ2n) is 26.8. The van der Waals surface area contributed by atoms with Gasteiger partial charge in [-0.2, -0.15) is 0 Å². The molecular formula is C77H90N18O16. The summed E-state index contributed by atoms with van der Waals surface area (Å²) in [6, 6.07) is 24.4. The van der Waals surface area contributed by atoms with Crippen molar-refractivity contribution in [3.63, 3.8) is 0 Å². The van der Waals surface area contributed by atoms with Crippen LogP contribution in [0.5, 0.6) is 11.5 Å². The molecule has 0 bridgehead atoms. The lowest BCUT2D eigenvalue weighted by atomic mass is 9.97. The molecule has 1 unspecified atom stereocenters. The maximum atomic E-state index is 15.9. The molecule has 7 aromatic rings. The Morgan fingerprint density at radius 3 is 1.50 bits per heavy atom. The Labute approximate surface area is 637 Å². The lowest BCUT2D eigenvalue weighted by molar-refractivity contribution is -0.168. The van der Waals surface area contributed by atoms with Gasteiger partial charge in [-0.15, -0.1) is 0 Å². The summed E-state index contributed by atoms with van der Waals surface area (Å²) < 4.78 is 0. The second kappa shape index (κ2) is 39.4. The van der Waals surface area contributed by atoms with Crippen LogP contribution in [0.25, 0.3) is 11.1 Å². The predicted molar refractivity (Wildman–Crippen MR) is 402 cm³/mol. The minimum absolute atomic E-state index is 0.00484. The third-order valence-corrected chi connectivity index (χ3v) is 18.3. The van der Waals surface area contributed by atoms with Crippen molar-refractivity contribution in [3.05, 3.63) is 210 Å². The van der Waals surface area contributed by atoms with Gasteiger partial charge >= 0.3 is 5.97 Å². The number of aromatic hydroxyl groups is 2. The highest BCUT2D eigenvalue weighted by Crippen LogP contribution is 2.26. The Kier molecular flexibility index (Phi) is 29.5. The average molecular weight is 1520 g/mol. The number of primary amides is 2. The minimum Gasteiger partial charge on any atom is -0.508 e. The monoisotopic (exact) mass is 1520 g/mol. The summed E-state index contributed by atoms with van der Waals surface area (Å²) in [5.41, 5.74) is 24.3. The molecule has 23 N–H and O–H groups in total. The number of carboxylic acid groups (broad SMARTS) is 1. The number of aromatic amines is 1. The number of nitrogens with zero attached hydrogens (tertiary/aromatic N) is 2. The molecule has 1 aliphatic heterocycles. The van der Waals surface area contributed by atoms with Gasteiger partial charge in [-0.1, -0.05) is 140 Å². The lowest BCUT2D eigenvalue weighted by Gasteiger charge is -2.43. The fourth-order valence-electron chi connectivity index (χ4n) is 12.3. The number of aromatic nitrogens is 2. The van der Waals surface area contributed by atoms with Crippen molar-refractivity contribution < 1.29 is 77.6 Å². The van der Waals surface area contributed by atoms with E-state index in [4.69, 9.17) is 28.3 Å². The van der Waals surface area contributed by atoms with Crippen LogP contribution in [-0.2, 0) is 101 Å². The maximum absolute atomic E-state index is 15.9. The van der Waals surface area contributed by atoms with Gasteiger partial charge in [0.05, 0.1) is 25.2 Å². The number of amides is 12. The molecule has 6 aromatic carbocycles. The third-order valence-electron chi connectivity index (χ3n) is 18.3. The molecule has 0 radical (unpaired) electrons. The van der Waals surface area contributed by atoms with E-state index < -0.39 is 181 Å². The molecule has 34 nitrogen and oxygen atoms in total. The van der Waals surface area contributed by atoms with Crippen LogP contribution < -0.4 is 76.1 Å². The van der Waals surface area contributed by atoms with Crippen LogP contribution in [0, 0.1) is 5.41 Å². The van der Waals surface area contributed by atoms with Crippen molar-refractivity contribution in [1.82, 2.24) is 68.0 Å². The van der Waals surface area contributed by atoms with Crippen molar-refractivity contribution >= 4 is 82.8 Å². The topological polar surface area (TPSA) is 563 Å². The Morgan fingerprint density at radius 2 is 0.991 bits per heavy atom. The van der Waals surface area contributed by atoms with E-state index in [0.717, 1.165) is 25.0 Å². The van der Waals surface area contributed by atoms with E-state index in [1.807, 2.05) is 30.3 Å². The molecule has 111 heavy (non-hydrogen) atoms.